The zero-order chi connectivity index (χ0) is 12.8. The summed E-state index contributed by atoms with van der Waals surface area (Å²) in [5.41, 5.74) is 5.47. The molecular formula is C12H12N2O3S. The molecule has 0 unspecified atom stereocenters. The molecule has 0 saturated heterocycles. The standard InChI is InChI=1S/C12H12N2O3S/c13-12(10(15)16)5-7(12)6-17-11-14-8-3-1-2-4-9(8)18-11/h1-4,7H,5-6,13H2,(H,15,16)/t7-,12-/m0/s1. The molecule has 3 N–H and O–H groups in total. The van der Waals surface area contributed by atoms with Gasteiger partial charge in [0, 0.05) is 5.92 Å². The molecule has 94 valence electrons. The third-order valence-electron chi connectivity index (χ3n) is 3.23. The van der Waals surface area contributed by atoms with E-state index in [2.05, 4.69) is 4.98 Å². The SMILES string of the molecule is N[C@@]1(C(=O)O)C[C@H]1COc1nc2ccccc2s1. The Morgan fingerprint density at radius 1 is 1.61 bits per heavy atom. The van der Waals surface area contributed by atoms with Crippen molar-refractivity contribution < 1.29 is 14.6 Å². The molecule has 0 aliphatic heterocycles. The van der Waals surface area contributed by atoms with E-state index in [1.54, 1.807) is 0 Å². The van der Waals surface area contributed by atoms with E-state index >= 15 is 0 Å². The molecule has 1 aromatic carbocycles. The Hall–Kier alpha value is -1.66. The van der Waals surface area contributed by atoms with Crippen LogP contribution >= 0.6 is 11.3 Å². The molecule has 0 radical (unpaired) electrons. The molecule has 1 aliphatic carbocycles. The fourth-order valence-corrected chi connectivity index (χ4v) is 2.73. The van der Waals surface area contributed by atoms with E-state index in [1.165, 1.54) is 11.3 Å². The summed E-state index contributed by atoms with van der Waals surface area (Å²) in [5.74, 6) is -1.08. The quantitative estimate of drug-likeness (QED) is 0.873. The van der Waals surface area contributed by atoms with Gasteiger partial charge < -0.3 is 15.6 Å². The van der Waals surface area contributed by atoms with Gasteiger partial charge in [-0.3, -0.25) is 4.79 Å². The Bertz CT molecular complexity index is 579. The summed E-state index contributed by atoms with van der Waals surface area (Å²) >= 11 is 1.45. The van der Waals surface area contributed by atoms with Crippen molar-refractivity contribution >= 4 is 27.5 Å². The zero-order valence-corrected chi connectivity index (χ0v) is 10.3. The van der Waals surface area contributed by atoms with E-state index < -0.39 is 11.5 Å². The van der Waals surface area contributed by atoms with Crippen molar-refractivity contribution in [2.24, 2.45) is 11.7 Å². The van der Waals surface area contributed by atoms with Crippen LogP contribution in [0, 0.1) is 5.92 Å². The molecule has 1 fully saturated rings. The maximum absolute atomic E-state index is 10.9. The third kappa shape index (κ3) is 1.83. The van der Waals surface area contributed by atoms with E-state index in [0.717, 1.165) is 10.2 Å². The number of thiazole rings is 1. The van der Waals surface area contributed by atoms with Crippen molar-refractivity contribution in [2.75, 3.05) is 6.61 Å². The van der Waals surface area contributed by atoms with Gasteiger partial charge in [0.05, 0.1) is 16.8 Å². The number of hydrogen-bond donors (Lipinski definition) is 2. The first-order valence-electron chi connectivity index (χ1n) is 5.60. The first-order chi connectivity index (χ1) is 8.59. The highest BCUT2D eigenvalue weighted by Crippen LogP contribution is 2.41. The smallest absolute Gasteiger partial charge is 0.324 e. The van der Waals surface area contributed by atoms with E-state index in [-0.39, 0.29) is 5.92 Å². The number of nitrogens with two attached hydrogens (primary N) is 1. The average molecular weight is 264 g/mol. The second kappa shape index (κ2) is 3.93. The number of aromatic nitrogens is 1. The van der Waals surface area contributed by atoms with Gasteiger partial charge in [-0.05, 0) is 18.6 Å². The first-order valence-corrected chi connectivity index (χ1v) is 6.42. The number of carbonyl (C=O) groups is 1. The van der Waals surface area contributed by atoms with Gasteiger partial charge >= 0.3 is 5.97 Å². The molecule has 0 spiro atoms. The molecular weight excluding hydrogens is 252 g/mol. The third-order valence-corrected chi connectivity index (χ3v) is 4.18. The Kier molecular flexibility index (Phi) is 2.49. The Morgan fingerprint density at radius 2 is 2.39 bits per heavy atom. The molecule has 5 nitrogen and oxygen atoms in total. The average Bonchev–Trinajstić information content (AvgIpc) is 2.86. The number of aliphatic carboxylic acids is 1. The molecule has 1 aliphatic rings. The highest BCUT2D eigenvalue weighted by atomic mass is 32.1. The minimum Gasteiger partial charge on any atom is -0.480 e. The lowest BCUT2D eigenvalue weighted by Crippen LogP contribution is -2.36. The molecule has 2 aromatic rings. The number of benzene rings is 1. The van der Waals surface area contributed by atoms with Gasteiger partial charge in [0.15, 0.2) is 0 Å². The van der Waals surface area contributed by atoms with Crippen LogP contribution < -0.4 is 10.5 Å². The van der Waals surface area contributed by atoms with Gasteiger partial charge in [0.25, 0.3) is 5.19 Å². The number of nitrogens with zero attached hydrogens (tertiary/aromatic N) is 1. The number of carboxylic acids is 1. The van der Waals surface area contributed by atoms with Crippen LogP contribution in [-0.2, 0) is 4.79 Å². The number of carboxylic acid groups (broad SMARTS) is 1. The molecule has 2 atom stereocenters. The molecule has 1 heterocycles. The Morgan fingerprint density at radius 3 is 3.06 bits per heavy atom. The van der Waals surface area contributed by atoms with Crippen LogP contribution in [0.2, 0.25) is 0 Å². The summed E-state index contributed by atoms with van der Waals surface area (Å²) in [6.07, 6.45) is 0.466. The van der Waals surface area contributed by atoms with E-state index in [4.69, 9.17) is 15.6 Å². The number of ether oxygens (including phenoxy) is 1. The molecule has 6 heteroatoms. The second-order valence-corrected chi connectivity index (χ2v) is 5.50. The largest absolute Gasteiger partial charge is 0.480 e. The van der Waals surface area contributed by atoms with Crippen molar-refractivity contribution in [3.8, 4) is 5.19 Å². The van der Waals surface area contributed by atoms with Gasteiger partial charge in [-0.2, -0.15) is 0 Å². The van der Waals surface area contributed by atoms with Crippen LogP contribution in [0.5, 0.6) is 5.19 Å². The molecule has 3 rings (SSSR count). The highest BCUT2D eigenvalue weighted by Gasteiger charge is 2.58. The fraction of sp³-hybridized carbons (Fsp3) is 0.333. The number of hydrogen-bond acceptors (Lipinski definition) is 5. The molecule has 18 heavy (non-hydrogen) atoms. The Balaban J connectivity index is 1.66. The van der Waals surface area contributed by atoms with Gasteiger partial charge in [-0.1, -0.05) is 23.5 Å². The Labute approximate surface area is 107 Å². The fourth-order valence-electron chi connectivity index (χ4n) is 1.90. The van der Waals surface area contributed by atoms with E-state index in [1.807, 2.05) is 24.3 Å². The van der Waals surface area contributed by atoms with Crippen molar-refractivity contribution in [3.63, 3.8) is 0 Å². The van der Waals surface area contributed by atoms with Crippen molar-refractivity contribution in [3.05, 3.63) is 24.3 Å². The topological polar surface area (TPSA) is 85.4 Å². The molecule has 0 amide bonds. The lowest BCUT2D eigenvalue weighted by Gasteiger charge is -2.05. The van der Waals surface area contributed by atoms with Crippen LogP contribution in [0.3, 0.4) is 0 Å². The van der Waals surface area contributed by atoms with Crippen LogP contribution in [-0.4, -0.2) is 28.2 Å². The minimum absolute atomic E-state index is 0.123. The van der Waals surface area contributed by atoms with Crippen molar-refractivity contribution in [2.45, 2.75) is 12.0 Å². The maximum atomic E-state index is 10.9. The molecule has 0 bridgehead atoms. The van der Waals surface area contributed by atoms with Crippen LogP contribution in [0.25, 0.3) is 10.2 Å². The summed E-state index contributed by atoms with van der Waals surface area (Å²) < 4.78 is 6.58. The molecule has 1 aromatic heterocycles. The summed E-state index contributed by atoms with van der Waals surface area (Å²) in [5, 5.41) is 9.47. The van der Waals surface area contributed by atoms with Crippen LogP contribution in [0.1, 0.15) is 6.42 Å². The van der Waals surface area contributed by atoms with Crippen LogP contribution in [0.4, 0.5) is 0 Å². The van der Waals surface area contributed by atoms with Gasteiger partial charge in [-0.25, -0.2) is 4.98 Å². The first kappa shape index (κ1) is 11.4. The predicted octanol–water partition coefficient (Wildman–Crippen LogP) is 1.48. The number of rotatable bonds is 4. The summed E-state index contributed by atoms with van der Waals surface area (Å²) in [4.78, 5) is 15.2. The van der Waals surface area contributed by atoms with Crippen molar-refractivity contribution in [1.82, 2.24) is 4.98 Å². The van der Waals surface area contributed by atoms with Crippen molar-refractivity contribution in [1.29, 1.82) is 0 Å². The van der Waals surface area contributed by atoms with Gasteiger partial charge in [0.2, 0.25) is 0 Å². The number of fused-ring (bicyclic) bond motifs is 1. The van der Waals surface area contributed by atoms with Gasteiger partial charge in [0.1, 0.15) is 5.54 Å². The van der Waals surface area contributed by atoms with Gasteiger partial charge in [-0.15, -0.1) is 0 Å². The molecule has 1 saturated carbocycles. The monoisotopic (exact) mass is 264 g/mol. The lowest BCUT2D eigenvalue weighted by molar-refractivity contribution is -0.140. The second-order valence-electron chi connectivity index (χ2n) is 4.51. The maximum Gasteiger partial charge on any atom is 0.324 e. The summed E-state index contributed by atoms with van der Waals surface area (Å²) in [6.45, 7) is 0.308. The highest BCUT2D eigenvalue weighted by molar-refractivity contribution is 7.20. The normalized spacial score (nSPS) is 26.2. The summed E-state index contributed by atoms with van der Waals surface area (Å²) in [7, 11) is 0. The summed E-state index contributed by atoms with van der Waals surface area (Å²) in [6, 6.07) is 7.75. The minimum atomic E-state index is -1.10. The zero-order valence-electron chi connectivity index (χ0n) is 9.50. The van der Waals surface area contributed by atoms with E-state index in [9.17, 15) is 4.79 Å². The van der Waals surface area contributed by atoms with Crippen LogP contribution in [0.15, 0.2) is 24.3 Å². The lowest BCUT2D eigenvalue weighted by atomic mass is 10.2. The van der Waals surface area contributed by atoms with E-state index in [0.29, 0.717) is 18.2 Å². The predicted molar refractivity (Wildman–Crippen MR) is 67.8 cm³/mol. The number of para-hydroxylation sites is 1.